The number of nitrogens with zero attached hydrogens (tertiary/aromatic N) is 1. The average molecular weight is 237 g/mol. The molecule has 0 spiro atoms. The van der Waals surface area contributed by atoms with Crippen molar-refractivity contribution in [2.75, 3.05) is 7.11 Å². The summed E-state index contributed by atoms with van der Waals surface area (Å²) in [4.78, 5) is 15.1. The highest BCUT2D eigenvalue weighted by atomic mass is 19.1. The van der Waals surface area contributed by atoms with Crippen molar-refractivity contribution in [3.05, 3.63) is 41.1 Å². The minimum absolute atomic E-state index is 0.00279. The molecule has 0 bridgehead atoms. The van der Waals surface area contributed by atoms with Gasteiger partial charge in [-0.05, 0) is 24.6 Å². The van der Waals surface area contributed by atoms with E-state index in [1.54, 1.807) is 6.92 Å². The number of hydrogen-bond donors (Lipinski definition) is 0. The first kappa shape index (κ1) is 11.4. The molecule has 1 heterocycles. The van der Waals surface area contributed by atoms with Gasteiger partial charge < -0.3 is 4.74 Å². The Hall–Kier alpha value is -2.04. The van der Waals surface area contributed by atoms with Gasteiger partial charge in [0.05, 0.1) is 7.11 Å². The maximum Gasteiger partial charge on any atom is 0.356 e. The van der Waals surface area contributed by atoms with Gasteiger partial charge in [0.25, 0.3) is 0 Å². The minimum atomic E-state index is -0.797. The predicted octanol–water partition coefficient (Wildman–Crippen LogP) is 2.61. The first-order valence-electron chi connectivity index (χ1n) is 4.87. The van der Waals surface area contributed by atoms with Crippen molar-refractivity contribution in [1.82, 2.24) is 4.98 Å². The number of fused-ring (bicyclic) bond motifs is 1. The number of rotatable bonds is 1. The van der Waals surface area contributed by atoms with Crippen LogP contribution in [0.1, 0.15) is 16.1 Å². The third-order valence-electron chi connectivity index (χ3n) is 2.43. The third-order valence-corrected chi connectivity index (χ3v) is 2.43. The summed E-state index contributed by atoms with van der Waals surface area (Å²) >= 11 is 0. The Morgan fingerprint density at radius 3 is 2.65 bits per heavy atom. The van der Waals surface area contributed by atoms with Gasteiger partial charge in [-0.25, -0.2) is 18.6 Å². The molecule has 0 atom stereocenters. The van der Waals surface area contributed by atoms with Crippen LogP contribution in [-0.2, 0) is 4.74 Å². The summed E-state index contributed by atoms with van der Waals surface area (Å²) < 4.78 is 31.1. The summed E-state index contributed by atoms with van der Waals surface area (Å²) in [6.45, 7) is 1.65. The van der Waals surface area contributed by atoms with Crippen LogP contribution in [0, 0.1) is 18.6 Å². The van der Waals surface area contributed by atoms with Crippen LogP contribution < -0.4 is 0 Å². The molecule has 0 amide bonds. The Morgan fingerprint density at radius 2 is 2.00 bits per heavy atom. The predicted molar refractivity (Wildman–Crippen MR) is 57.7 cm³/mol. The second kappa shape index (κ2) is 4.08. The number of hydrogen-bond acceptors (Lipinski definition) is 3. The van der Waals surface area contributed by atoms with E-state index in [4.69, 9.17) is 0 Å². The molecule has 0 aliphatic carbocycles. The summed E-state index contributed by atoms with van der Waals surface area (Å²) in [6, 6.07) is 3.35. The van der Waals surface area contributed by atoms with Gasteiger partial charge in [0, 0.05) is 11.5 Å². The smallest absolute Gasteiger partial charge is 0.356 e. The summed E-state index contributed by atoms with van der Waals surface area (Å²) in [6.07, 6.45) is 0. The number of benzene rings is 1. The number of carbonyl (C=O) groups excluding carboxylic acids is 1. The van der Waals surface area contributed by atoms with Crippen molar-refractivity contribution in [1.29, 1.82) is 0 Å². The van der Waals surface area contributed by atoms with Gasteiger partial charge in [0.1, 0.15) is 17.0 Å². The van der Waals surface area contributed by atoms with E-state index in [9.17, 15) is 13.6 Å². The molecule has 2 rings (SSSR count). The fourth-order valence-electron chi connectivity index (χ4n) is 1.62. The lowest BCUT2D eigenvalue weighted by molar-refractivity contribution is 0.0594. The van der Waals surface area contributed by atoms with Crippen LogP contribution in [0.25, 0.3) is 10.9 Å². The molecule has 0 N–H and O–H groups in total. The van der Waals surface area contributed by atoms with Crippen LogP contribution >= 0.6 is 0 Å². The lowest BCUT2D eigenvalue weighted by Crippen LogP contribution is -2.05. The number of esters is 1. The zero-order valence-corrected chi connectivity index (χ0v) is 9.25. The van der Waals surface area contributed by atoms with E-state index in [0.717, 1.165) is 6.07 Å². The Morgan fingerprint density at radius 1 is 1.29 bits per heavy atom. The fourth-order valence-corrected chi connectivity index (χ4v) is 1.62. The summed E-state index contributed by atoms with van der Waals surface area (Å²) in [5.74, 6) is -2.13. The lowest BCUT2D eigenvalue weighted by atomic mass is 10.1. The molecule has 88 valence electrons. The number of carbonyl (C=O) groups is 1. The lowest BCUT2D eigenvalue weighted by Gasteiger charge is -2.06. The van der Waals surface area contributed by atoms with E-state index >= 15 is 0 Å². The van der Waals surface area contributed by atoms with Gasteiger partial charge >= 0.3 is 5.97 Å². The van der Waals surface area contributed by atoms with E-state index in [1.807, 2.05) is 0 Å². The molecular formula is C12H9F2NO2. The zero-order chi connectivity index (χ0) is 12.6. The quantitative estimate of drug-likeness (QED) is 0.715. The van der Waals surface area contributed by atoms with Gasteiger partial charge in [0.15, 0.2) is 5.82 Å². The molecule has 0 saturated carbocycles. The van der Waals surface area contributed by atoms with Crippen LogP contribution in [0.4, 0.5) is 8.78 Å². The van der Waals surface area contributed by atoms with Crippen molar-refractivity contribution >= 4 is 16.9 Å². The van der Waals surface area contributed by atoms with Crippen molar-refractivity contribution in [3.8, 4) is 0 Å². The highest BCUT2D eigenvalue weighted by molar-refractivity contribution is 5.92. The van der Waals surface area contributed by atoms with Crippen LogP contribution in [0.2, 0.25) is 0 Å². The standard InChI is InChI=1S/C12H9F2NO2/c1-6-3-10(12(16)17-2)15-11-8(6)4-7(13)5-9(11)14/h3-5H,1-2H3. The molecule has 0 saturated heterocycles. The second-order valence-electron chi connectivity index (χ2n) is 3.60. The maximum atomic E-state index is 13.5. The molecule has 5 heteroatoms. The maximum absolute atomic E-state index is 13.5. The van der Waals surface area contributed by atoms with Gasteiger partial charge in [-0.15, -0.1) is 0 Å². The molecule has 2 aromatic rings. The average Bonchev–Trinajstić information content (AvgIpc) is 2.29. The van der Waals surface area contributed by atoms with E-state index in [1.165, 1.54) is 19.2 Å². The van der Waals surface area contributed by atoms with E-state index in [0.29, 0.717) is 10.9 Å². The van der Waals surface area contributed by atoms with Crippen molar-refractivity contribution in [2.45, 2.75) is 6.92 Å². The van der Waals surface area contributed by atoms with Gasteiger partial charge in [0.2, 0.25) is 0 Å². The molecule has 0 radical (unpaired) electrons. The van der Waals surface area contributed by atoms with Crippen molar-refractivity contribution in [2.24, 2.45) is 0 Å². The highest BCUT2D eigenvalue weighted by Gasteiger charge is 2.13. The Balaban J connectivity index is 2.77. The molecule has 3 nitrogen and oxygen atoms in total. The number of methoxy groups -OCH3 is 1. The number of pyridine rings is 1. The monoisotopic (exact) mass is 237 g/mol. The normalized spacial score (nSPS) is 10.6. The molecule has 1 aromatic heterocycles. The summed E-state index contributed by atoms with van der Waals surface area (Å²) in [5.41, 5.74) is 0.531. The summed E-state index contributed by atoms with van der Waals surface area (Å²) in [5, 5.41) is 0.343. The highest BCUT2D eigenvalue weighted by Crippen LogP contribution is 2.22. The zero-order valence-electron chi connectivity index (χ0n) is 9.25. The number of aromatic nitrogens is 1. The van der Waals surface area contributed by atoms with Gasteiger partial charge in [-0.1, -0.05) is 0 Å². The molecule has 0 aliphatic rings. The van der Waals surface area contributed by atoms with Crippen molar-refractivity contribution in [3.63, 3.8) is 0 Å². The fraction of sp³-hybridized carbons (Fsp3) is 0.167. The Labute approximate surface area is 96.0 Å². The minimum Gasteiger partial charge on any atom is -0.464 e. The second-order valence-corrected chi connectivity index (χ2v) is 3.60. The van der Waals surface area contributed by atoms with Crippen LogP contribution in [0.15, 0.2) is 18.2 Å². The first-order chi connectivity index (χ1) is 8.02. The van der Waals surface area contributed by atoms with Gasteiger partial charge in [-0.2, -0.15) is 0 Å². The molecular weight excluding hydrogens is 228 g/mol. The first-order valence-corrected chi connectivity index (χ1v) is 4.87. The number of ether oxygens (including phenoxy) is 1. The number of aryl methyl sites for hydroxylation is 1. The SMILES string of the molecule is COC(=O)c1cc(C)c2cc(F)cc(F)c2n1. The van der Waals surface area contributed by atoms with Crippen molar-refractivity contribution < 1.29 is 18.3 Å². The number of halogens is 2. The molecule has 0 fully saturated rings. The largest absolute Gasteiger partial charge is 0.464 e. The van der Waals surface area contributed by atoms with Crippen LogP contribution in [-0.4, -0.2) is 18.1 Å². The van der Waals surface area contributed by atoms with E-state index < -0.39 is 17.6 Å². The molecule has 17 heavy (non-hydrogen) atoms. The Kier molecular flexibility index (Phi) is 2.75. The molecule has 1 aromatic carbocycles. The van der Waals surface area contributed by atoms with Gasteiger partial charge in [-0.3, -0.25) is 0 Å². The Bertz CT molecular complexity index is 611. The van der Waals surface area contributed by atoms with Crippen LogP contribution in [0.5, 0.6) is 0 Å². The molecule has 0 unspecified atom stereocenters. The topological polar surface area (TPSA) is 39.2 Å². The van der Waals surface area contributed by atoms with Crippen LogP contribution in [0.3, 0.4) is 0 Å². The van der Waals surface area contributed by atoms with E-state index in [-0.39, 0.29) is 11.2 Å². The molecule has 0 aliphatic heterocycles. The summed E-state index contributed by atoms with van der Waals surface area (Å²) in [7, 11) is 1.21. The third kappa shape index (κ3) is 1.95. The van der Waals surface area contributed by atoms with E-state index in [2.05, 4.69) is 9.72 Å².